The van der Waals surface area contributed by atoms with E-state index in [2.05, 4.69) is 5.16 Å². The normalized spacial score (nSPS) is 23.3. The highest BCUT2D eigenvalue weighted by Crippen LogP contribution is 2.36. The number of oxime groups is 1. The Hall–Kier alpha value is -1.14. The first-order valence-electron chi connectivity index (χ1n) is 7.02. The summed E-state index contributed by atoms with van der Waals surface area (Å²) in [5, 5.41) is 11.5. The molecule has 22 heavy (non-hydrogen) atoms. The van der Waals surface area contributed by atoms with Gasteiger partial charge in [0.25, 0.3) is 0 Å². The molecule has 9 heteroatoms. The summed E-state index contributed by atoms with van der Waals surface area (Å²) in [4.78, 5) is 4.93. The van der Waals surface area contributed by atoms with E-state index in [1.54, 1.807) is 6.92 Å². The van der Waals surface area contributed by atoms with Gasteiger partial charge in [-0.05, 0) is 38.5 Å². The van der Waals surface area contributed by atoms with Gasteiger partial charge in [-0.3, -0.25) is 0 Å². The van der Waals surface area contributed by atoms with Gasteiger partial charge in [-0.2, -0.15) is 18.4 Å². The highest BCUT2D eigenvalue weighted by atomic mass is 32.2. The summed E-state index contributed by atoms with van der Waals surface area (Å²) in [6.07, 6.45) is -4.01. The molecule has 0 heterocycles. The Morgan fingerprint density at radius 1 is 1.50 bits per heavy atom. The zero-order chi connectivity index (χ0) is 16.8. The molecule has 1 fully saturated rings. The molecule has 0 aromatic carbocycles. The Bertz CT molecular complexity index is 452. The summed E-state index contributed by atoms with van der Waals surface area (Å²) in [5.41, 5.74) is 0.812. The van der Waals surface area contributed by atoms with Crippen LogP contribution in [0.4, 0.5) is 13.2 Å². The summed E-state index contributed by atoms with van der Waals surface area (Å²) < 4.78 is 58.0. The SMILES string of the molecule is CCON=C1CCC(C(C#N)C(CC(F)(F)F)S(=O)O)CC1. The van der Waals surface area contributed by atoms with E-state index >= 15 is 0 Å². The van der Waals surface area contributed by atoms with E-state index in [1.807, 2.05) is 6.07 Å². The molecule has 3 atom stereocenters. The molecule has 5 nitrogen and oxygen atoms in total. The summed E-state index contributed by atoms with van der Waals surface area (Å²) in [6.45, 7) is 2.23. The maximum atomic E-state index is 12.5. The van der Waals surface area contributed by atoms with E-state index in [-0.39, 0.29) is 5.92 Å². The monoisotopic (exact) mass is 340 g/mol. The molecule has 1 rings (SSSR count). The van der Waals surface area contributed by atoms with Crippen molar-refractivity contribution in [3.63, 3.8) is 0 Å². The van der Waals surface area contributed by atoms with Gasteiger partial charge < -0.3 is 9.39 Å². The fourth-order valence-electron chi connectivity index (χ4n) is 2.62. The van der Waals surface area contributed by atoms with Crippen LogP contribution in [0.1, 0.15) is 39.0 Å². The second-order valence-electron chi connectivity index (χ2n) is 5.20. The van der Waals surface area contributed by atoms with Crippen LogP contribution in [0.3, 0.4) is 0 Å². The first kappa shape index (κ1) is 18.9. The lowest BCUT2D eigenvalue weighted by atomic mass is 9.78. The quantitative estimate of drug-likeness (QED) is 0.594. The predicted molar refractivity (Wildman–Crippen MR) is 75.4 cm³/mol. The van der Waals surface area contributed by atoms with E-state index < -0.39 is 34.8 Å². The van der Waals surface area contributed by atoms with Crippen molar-refractivity contribution in [3.8, 4) is 6.07 Å². The molecule has 0 saturated heterocycles. The van der Waals surface area contributed by atoms with Crippen molar-refractivity contribution < 1.29 is 26.8 Å². The minimum atomic E-state index is -4.57. The number of alkyl halides is 3. The maximum absolute atomic E-state index is 12.5. The average Bonchev–Trinajstić information content (AvgIpc) is 2.44. The molecule has 1 aliphatic carbocycles. The molecule has 0 spiro atoms. The number of hydrogen-bond donors (Lipinski definition) is 1. The number of hydrogen-bond acceptors (Lipinski definition) is 4. The Labute approximate surface area is 129 Å². The lowest BCUT2D eigenvalue weighted by Crippen LogP contribution is -2.36. The Balaban J connectivity index is 2.75. The van der Waals surface area contributed by atoms with Gasteiger partial charge in [0.1, 0.15) is 6.61 Å². The van der Waals surface area contributed by atoms with Crippen molar-refractivity contribution >= 4 is 16.8 Å². The molecule has 0 aromatic rings. The first-order chi connectivity index (χ1) is 10.3. The summed E-state index contributed by atoms with van der Waals surface area (Å²) >= 11 is -2.69. The van der Waals surface area contributed by atoms with Crippen molar-refractivity contribution in [1.82, 2.24) is 0 Å². The fourth-order valence-corrected chi connectivity index (χ4v) is 3.49. The molecular weight excluding hydrogens is 321 g/mol. The smallest absolute Gasteiger partial charge is 0.390 e. The largest absolute Gasteiger partial charge is 0.396 e. The molecule has 0 radical (unpaired) electrons. The summed E-state index contributed by atoms with van der Waals surface area (Å²) in [5.74, 6) is -1.44. The maximum Gasteiger partial charge on any atom is 0.390 e. The van der Waals surface area contributed by atoms with Gasteiger partial charge in [-0.1, -0.05) is 5.16 Å². The van der Waals surface area contributed by atoms with Crippen LogP contribution in [-0.2, 0) is 15.9 Å². The molecule has 1 saturated carbocycles. The van der Waals surface area contributed by atoms with Crippen LogP contribution in [0.15, 0.2) is 5.16 Å². The van der Waals surface area contributed by atoms with Crippen LogP contribution >= 0.6 is 0 Å². The molecule has 1 aliphatic rings. The van der Waals surface area contributed by atoms with Crippen molar-refractivity contribution in [1.29, 1.82) is 5.26 Å². The Kier molecular flexibility index (Phi) is 7.29. The van der Waals surface area contributed by atoms with Crippen molar-refractivity contribution in [2.45, 2.75) is 50.5 Å². The summed E-state index contributed by atoms with van der Waals surface area (Å²) in [6, 6.07) is 1.81. The van der Waals surface area contributed by atoms with Crippen molar-refractivity contribution in [3.05, 3.63) is 0 Å². The van der Waals surface area contributed by atoms with Gasteiger partial charge in [0.2, 0.25) is 0 Å². The highest BCUT2D eigenvalue weighted by Gasteiger charge is 2.42. The number of nitriles is 1. The third kappa shape index (κ3) is 5.93. The molecular formula is C13H19F3N2O3S. The van der Waals surface area contributed by atoms with Gasteiger partial charge >= 0.3 is 6.18 Å². The minimum absolute atomic E-state index is 0.339. The number of rotatable bonds is 6. The van der Waals surface area contributed by atoms with E-state index in [0.717, 1.165) is 5.71 Å². The predicted octanol–water partition coefficient (Wildman–Crippen LogP) is 3.25. The lowest BCUT2D eigenvalue weighted by Gasteiger charge is -2.30. The van der Waals surface area contributed by atoms with Gasteiger partial charge in [0, 0.05) is 0 Å². The number of nitrogens with zero attached hydrogens (tertiary/aromatic N) is 2. The van der Waals surface area contributed by atoms with Crippen molar-refractivity contribution in [2.24, 2.45) is 17.0 Å². The summed E-state index contributed by atoms with van der Waals surface area (Å²) in [7, 11) is 0. The zero-order valence-corrected chi connectivity index (χ0v) is 13.0. The third-order valence-corrected chi connectivity index (χ3v) is 4.66. The molecule has 0 aliphatic heterocycles. The van der Waals surface area contributed by atoms with Gasteiger partial charge in [0.05, 0.1) is 29.4 Å². The van der Waals surface area contributed by atoms with Crippen LogP contribution in [0.25, 0.3) is 0 Å². The molecule has 126 valence electrons. The van der Waals surface area contributed by atoms with E-state index in [1.165, 1.54) is 0 Å². The third-order valence-electron chi connectivity index (χ3n) is 3.68. The van der Waals surface area contributed by atoms with E-state index in [9.17, 15) is 22.6 Å². The van der Waals surface area contributed by atoms with Crippen LogP contribution in [0.5, 0.6) is 0 Å². The van der Waals surface area contributed by atoms with Crippen LogP contribution in [-0.4, -0.2) is 32.5 Å². The van der Waals surface area contributed by atoms with Crippen molar-refractivity contribution in [2.75, 3.05) is 6.61 Å². The molecule has 0 aromatic heterocycles. The zero-order valence-electron chi connectivity index (χ0n) is 12.2. The Morgan fingerprint density at radius 3 is 2.50 bits per heavy atom. The molecule has 0 bridgehead atoms. The molecule has 3 unspecified atom stereocenters. The molecule has 1 N–H and O–H groups in total. The minimum Gasteiger partial charge on any atom is -0.396 e. The lowest BCUT2D eigenvalue weighted by molar-refractivity contribution is -0.136. The second kappa shape index (κ2) is 8.48. The van der Waals surface area contributed by atoms with Crippen LogP contribution < -0.4 is 0 Å². The van der Waals surface area contributed by atoms with Gasteiger partial charge in [-0.25, -0.2) is 4.21 Å². The Morgan fingerprint density at radius 2 is 2.09 bits per heavy atom. The van der Waals surface area contributed by atoms with Gasteiger partial charge in [-0.15, -0.1) is 0 Å². The standard InChI is InChI=1S/C13H19F3N2O3S/c1-2-21-18-10-5-3-9(4-6-10)11(8-17)12(22(19)20)7-13(14,15)16/h9,11-12H,2-7H2,1H3,(H,19,20). The van der Waals surface area contributed by atoms with E-state index in [4.69, 9.17) is 9.39 Å². The topological polar surface area (TPSA) is 82.7 Å². The first-order valence-corrected chi connectivity index (χ1v) is 8.19. The highest BCUT2D eigenvalue weighted by molar-refractivity contribution is 7.79. The number of halogens is 3. The average molecular weight is 340 g/mol. The fraction of sp³-hybridized carbons (Fsp3) is 0.846. The van der Waals surface area contributed by atoms with Crippen LogP contribution in [0, 0.1) is 23.2 Å². The molecule has 0 amide bonds. The second-order valence-corrected chi connectivity index (χ2v) is 6.36. The van der Waals surface area contributed by atoms with Gasteiger partial charge in [0.15, 0.2) is 11.1 Å². The van der Waals surface area contributed by atoms with Crippen LogP contribution in [0.2, 0.25) is 0 Å². The van der Waals surface area contributed by atoms with E-state index in [0.29, 0.717) is 32.3 Å².